The lowest BCUT2D eigenvalue weighted by molar-refractivity contribution is 0.0632. The lowest BCUT2D eigenvalue weighted by atomic mass is 10.2. The molecule has 120 valence electrons. The van der Waals surface area contributed by atoms with Gasteiger partial charge in [0, 0.05) is 24.5 Å². The zero-order valence-electron chi connectivity index (χ0n) is 12.4. The highest BCUT2D eigenvalue weighted by Gasteiger charge is 2.25. The minimum absolute atomic E-state index is 0.178. The number of hydrogen-bond acceptors (Lipinski definition) is 5. The zero-order chi connectivity index (χ0) is 16.1. The molecule has 0 saturated carbocycles. The molecular weight excluding hydrogens is 301 g/mol. The summed E-state index contributed by atoms with van der Waals surface area (Å²) in [6, 6.07) is 5.49. The van der Waals surface area contributed by atoms with Crippen LogP contribution in [0.3, 0.4) is 0 Å². The molecule has 1 aromatic carbocycles. The van der Waals surface area contributed by atoms with E-state index in [1.807, 2.05) is 0 Å². The first-order valence-electron chi connectivity index (χ1n) is 7.27. The highest BCUT2D eigenvalue weighted by Crippen LogP contribution is 2.13. The molecule has 2 heterocycles. The molecule has 1 atom stereocenters. The molecule has 0 bridgehead atoms. The van der Waals surface area contributed by atoms with Crippen LogP contribution in [0.15, 0.2) is 42.9 Å². The first kappa shape index (κ1) is 15.4. The van der Waals surface area contributed by atoms with Crippen LogP contribution in [0.25, 0.3) is 0 Å². The van der Waals surface area contributed by atoms with E-state index in [0.29, 0.717) is 37.7 Å². The van der Waals surface area contributed by atoms with Crippen LogP contribution in [0.1, 0.15) is 10.4 Å². The van der Waals surface area contributed by atoms with Gasteiger partial charge in [0.05, 0.1) is 26.0 Å². The molecule has 1 aliphatic rings. The van der Waals surface area contributed by atoms with Crippen molar-refractivity contribution in [3.05, 3.63) is 54.2 Å². The molecule has 0 radical (unpaired) electrons. The summed E-state index contributed by atoms with van der Waals surface area (Å²) in [5.41, 5.74) is 0.437. The van der Waals surface area contributed by atoms with Crippen LogP contribution in [-0.2, 0) is 4.74 Å². The highest BCUT2D eigenvalue weighted by atomic mass is 19.1. The molecule has 3 rings (SSSR count). The summed E-state index contributed by atoms with van der Waals surface area (Å²) in [5.74, 6) is -0.162. The maximum absolute atomic E-state index is 13.0. The number of amides is 1. The summed E-state index contributed by atoms with van der Waals surface area (Å²) < 4.78 is 24.2. The predicted molar refractivity (Wildman–Crippen MR) is 79.6 cm³/mol. The average molecular weight is 317 g/mol. The molecule has 1 aromatic heterocycles. The Morgan fingerprint density at radius 2 is 2.13 bits per heavy atom. The average Bonchev–Trinajstić information content (AvgIpc) is 2.81. The van der Waals surface area contributed by atoms with Gasteiger partial charge in [0.15, 0.2) is 0 Å². The fourth-order valence-corrected chi connectivity index (χ4v) is 2.33. The Labute approximate surface area is 132 Å². The van der Waals surface area contributed by atoms with Crippen LogP contribution >= 0.6 is 0 Å². The molecule has 1 aliphatic heterocycles. The van der Waals surface area contributed by atoms with Crippen LogP contribution in [0.4, 0.5) is 4.39 Å². The van der Waals surface area contributed by atoms with Crippen molar-refractivity contribution >= 4 is 5.91 Å². The summed E-state index contributed by atoms with van der Waals surface area (Å²) in [7, 11) is 0. The molecule has 0 spiro atoms. The molecule has 0 N–H and O–H groups in total. The number of rotatable bonds is 3. The number of benzene rings is 1. The Balaban J connectivity index is 1.69. The molecule has 1 amide bonds. The Morgan fingerprint density at radius 1 is 1.30 bits per heavy atom. The normalized spacial score (nSPS) is 18.3. The van der Waals surface area contributed by atoms with E-state index >= 15 is 0 Å². The van der Waals surface area contributed by atoms with Crippen LogP contribution < -0.4 is 4.74 Å². The fourth-order valence-electron chi connectivity index (χ4n) is 2.33. The van der Waals surface area contributed by atoms with Gasteiger partial charge in [-0.3, -0.25) is 9.78 Å². The smallest absolute Gasteiger partial charge is 0.254 e. The van der Waals surface area contributed by atoms with E-state index in [1.165, 1.54) is 36.7 Å². The molecule has 6 nitrogen and oxygen atoms in total. The summed E-state index contributed by atoms with van der Waals surface area (Å²) >= 11 is 0. The lowest BCUT2D eigenvalue weighted by Crippen LogP contribution is -2.40. The van der Waals surface area contributed by atoms with Crippen molar-refractivity contribution in [2.24, 2.45) is 0 Å². The Morgan fingerprint density at radius 3 is 2.87 bits per heavy atom. The quantitative estimate of drug-likeness (QED) is 0.859. The van der Waals surface area contributed by atoms with Gasteiger partial charge in [0.2, 0.25) is 5.88 Å². The van der Waals surface area contributed by atoms with Gasteiger partial charge in [-0.25, -0.2) is 9.37 Å². The van der Waals surface area contributed by atoms with Crippen LogP contribution in [0.5, 0.6) is 5.88 Å². The van der Waals surface area contributed by atoms with Crippen LogP contribution in [-0.4, -0.2) is 53.2 Å². The van der Waals surface area contributed by atoms with Gasteiger partial charge in [0.1, 0.15) is 11.9 Å². The fraction of sp³-hybridized carbons (Fsp3) is 0.312. The van der Waals surface area contributed by atoms with Crippen LogP contribution in [0.2, 0.25) is 0 Å². The lowest BCUT2D eigenvalue weighted by Gasteiger charge is -2.23. The van der Waals surface area contributed by atoms with Gasteiger partial charge in [-0.2, -0.15) is 0 Å². The van der Waals surface area contributed by atoms with Crippen molar-refractivity contribution in [2.45, 2.75) is 6.10 Å². The number of carbonyl (C=O) groups is 1. The maximum Gasteiger partial charge on any atom is 0.254 e. The second-order valence-corrected chi connectivity index (χ2v) is 5.12. The van der Waals surface area contributed by atoms with Crippen molar-refractivity contribution in [2.75, 3.05) is 26.3 Å². The molecule has 0 aliphatic carbocycles. The van der Waals surface area contributed by atoms with E-state index in [4.69, 9.17) is 9.47 Å². The van der Waals surface area contributed by atoms with Crippen molar-refractivity contribution in [3.63, 3.8) is 0 Å². The summed E-state index contributed by atoms with van der Waals surface area (Å²) in [5, 5.41) is 0. The zero-order valence-corrected chi connectivity index (χ0v) is 12.4. The second kappa shape index (κ2) is 7.15. The molecule has 7 heteroatoms. The standard InChI is InChI=1S/C16H16FN3O3/c17-13-3-1-12(2-4-13)16(21)20-7-8-22-11-14(10-20)23-15-9-18-5-6-19-15/h1-6,9,14H,7-8,10-11H2/t14-/m1/s1. The molecule has 1 saturated heterocycles. The maximum atomic E-state index is 13.0. The number of nitrogens with zero attached hydrogens (tertiary/aromatic N) is 3. The SMILES string of the molecule is O=C(c1ccc(F)cc1)N1CCOC[C@H](Oc2cnccn2)C1. The number of ether oxygens (including phenoxy) is 2. The second-order valence-electron chi connectivity index (χ2n) is 5.12. The topological polar surface area (TPSA) is 64.6 Å². The number of halogens is 1. The third kappa shape index (κ3) is 4.01. The Bertz CT molecular complexity index is 651. The van der Waals surface area contributed by atoms with Gasteiger partial charge in [-0.05, 0) is 24.3 Å². The largest absolute Gasteiger partial charge is 0.469 e. The van der Waals surface area contributed by atoms with E-state index in [-0.39, 0.29) is 17.8 Å². The minimum Gasteiger partial charge on any atom is -0.469 e. The Hall–Kier alpha value is -2.54. The van der Waals surface area contributed by atoms with Gasteiger partial charge < -0.3 is 14.4 Å². The van der Waals surface area contributed by atoms with Gasteiger partial charge >= 0.3 is 0 Å². The van der Waals surface area contributed by atoms with Gasteiger partial charge in [-0.15, -0.1) is 0 Å². The molecular formula is C16H16FN3O3. The van der Waals surface area contributed by atoms with E-state index in [2.05, 4.69) is 9.97 Å². The molecule has 1 fully saturated rings. The number of carbonyl (C=O) groups excluding carboxylic acids is 1. The minimum atomic E-state index is -0.371. The third-order valence-corrected chi connectivity index (χ3v) is 3.44. The van der Waals surface area contributed by atoms with E-state index in [1.54, 1.807) is 11.1 Å². The van der Waals surface area contributed by atoms with Gasteiger partial charge in [0.25, 0.3) is 5.91 Å². The summed E-state index contributed by atoms with van der Waals surface area (Å²) in [4.78, 5) is 22.2. The van der Waals surface area contributed by atoms with E-state index in [9.17, 15) is 9.18 Å². The van der Waals surface area contributed by atoms with Crippen molar-refractivity contribution in [1.29, 1.82) is 0 Å². The van der Waals surface area contributed by atoms with Crippen LogP contribution in [0, 0.1) is 5.82 Å². The molecule has 0 unspecified atom stereocenters. The highest BCUT2D eigenvalue weighted by molar-refractivity contribution is 5.94. The third-order valence-electron chi connectivity index (χ3n) is 3.44. The van der Waals surface area contributed by atoms with Gasteiger partial charge in [-0.1, -0.05) is 0 Å². The van der Waals surface area contributed by atoms with Crippen molar-refractivity contribution < 1.29 is 18.7 Å². The first-order chi connectivity index (χ1) is 11.2. The van der Waals surface area contributed by atoms with Crippen molar-refractivity contribution in [1.82, 2.24) is 14.9 Å². The predicted octanol–water partition coefficient (Wildman–Crippen LogP) is 1.54. The molecule has 2 aromatic rings. The number of hydrogen-bond donors (Lipinski definition) is 0. The van der Waals surface area contributed by atoms with Crippen molar-refractivity contribution in [3.8, 4) is 5.88 Å². The summed E-state index contributed by atoms with van der Waals surface area (Å²) in [6.45, 7) is 1.61. The monoisotopic (exact) mass is 317 g/mol. The van der Waals surface area contributed by atoms with E-state index in [0.717, 1.165) is 0 Å². The molecule has 23 heavy (non-hydrogen) atoms. The number of aromatic nitrogens is 2. The first-order valence-corrected chi connectivity index (χ1v) is 7.27. The Kier molecular flexibility index (Phi) is 4.77. The van der Waals surface area contributed by atoms with E-state index < -0.39 is 0 Å². The summed E-state index contributed by atoms with van der Waals surface area (Å²) in [6.07, 6.45) is 4.27.